The van der Waals surface area contributed by atoms with E-state index in [9.17, 15) is 9.90 Å². The van der Waals surface area contributed by atoms with Crippen molar-refractivity contribution in [2.45, 2.75) is 19.4 Å². The molecule has 3 aromatic rings. The highest BCUT2D eigenvalue weighted by atomic mass is 79.9. The fourth-order valence-corrected chi connectivity index (χ4v) is 3.02. The lowest BCUT2D eigenvalue weighted by molar-refractivity contribution is -0.121. The fraction of sp³-hybridized carbons (Fsp3) is 0.211. The maximum absolute atomic E-state index is 12.0. The Hall–Kier alpha value is -2.27. The molecule has 1 heterocycles. The van der Waals surface area contributed by atoms with Gasteiger partial charge in [-0.3, -0.25) is 4.79 Å². The zero-order valence-corrected chi connectivity index (χ0v) is 14.8. The Kier molecular flexibility index (Phi) is 5.20. The van der Waals surface area contributed by atoms with Crippen molar-refractivity contribution in [1.82, 2.24) is 9.88 Å². The van der Waals surface area contributed by atoms with E-state index in [-0.39, 0.29) is 11.7 Å². The van der Waals surface area contributed by atoms with Crippen LogP contribution in [-0.4, -0.2) is 22.1 Å². The Morgan fingerprint density at radius 3 is 2.71 bits per heavy atom. The molecule has 5 heteroatoms. The molecule has 2 N–H and O–H groups in total. The first kappa shape index (κ1) is 16.6. The van der Waals surface area contributed by atoms with Crippen LogP contribution < -0.4 is 5.32 Å². The van der Waals surface area contributed by atoms with Gasteiger partial charge in [0.05, 0.1) is 0 Å². The van der Waals surface area contributed by atoms with Gasteiger partial charge in [-0.2, -0.15) is 0 Å². The number of phenolic OH excluding ortho intramolecular Hbond substituents is 1. The summed E-state index contributed by atoms with van der Waals surface area (Å²) in [7, 11) is 0. The summed E-state index contributed by atoms with van der Waals surface area (Å²) >= 11 is 3.48. The number of hydrogen-bond donors (Lipinski definition) is 2. The number of aromatic hydroxyl groups is 1. The molecule has 4 nitrogen and oxygen atoms in total. The molecule has 0 aliphatic carbocycles. The van der Waals surface area contributed by atoms with Crippen LogP contribution in [0.4, 0.5) is 0 Å². The topological polar surface area (TPSA) is 54.3 Å². The molecule has 0 fully saturated rings. The third kappa shape index (κ3) is 4.17. The molecule has 0 unspecified atom stereocenters. The van der Waals surface area contributed by atoms with Crippen LogP contribution in [0, 0.1) is 0 Å². The molecule has 0 atom stereocenters. The average molecular weight is 387 g/mol. The second-order valence-electron chi connectivity index (χ2n) is 5.73. The summed E-state index contributed by atoms with van der Waals surface area (Å²) < 4.78 is 3.13. The lowest BCUT2D eigenvalue weighted by Gasteiger charge is -2.08. The van der Waals surface area contributed by atoms with Crippen LogP contribution in [0.3, 0.4) is 0 Å². The predicted molar refractivity (Wildman–Crippen MR) is 99.1 cm³/mol. The monoisotopic (exact) mass is 386 g/mol. The number of aromatic nitrogens is 1. The number of hydrogen-bond acceptors (Lipinski definition) is 2. The van der Waals surface area contributed by atoms with Gasteiger partial charge in [-0.1, -0.05) is 34.1 Å². The molecule has 0 aliphatic rings. The molecule has 0 saturated heterocycles. The van der Waals surface area contributed by atoms with E-state index in [1.807, 2.05) is 24.4 Å². The highest BCUT2D eigenvalue weighted by molar-refractivity contribution is 9.10. The highest BCUT2D eigenvalue weighted by Gasteiger charge is 2.05. The number of carbonyl (C=O) groups is 1. The third-order valence-corrected chi connectivity index (χ3v) is 4.48. The van der Waals surface area contributed by atoms with Crippen molar-refractivity contribution in [2.24, 2.45) is 0 Å². The van der Waals surface area contributed by atoms with Gasteiger partial charge in [-0.25, -0.2) is 0 Å². The Balaban J connectivity index is 1.48. The van der Waals surface area contributed by atoms with E-state index in [0.717, 1.165) is 22.0 Å². The van der Waals surface area contributed by atoms with Crippen molar-refractivity contribution in [3.05, 3.63) is 64.8 Å². The molecule has 1 amide bonds. The standard InChI is InChI=1S/C19H19BrN2O2/c20-16-4-3-15-8-11-22(18(15)13-16)12-9-19(24)21-10-7-14-1-5-17(23)6-2-14/h1-6,8,11,13,23H,7,9-10,12H2,(H,21,24). The van der Waals surface area contributed by atoms with Crippen LogP contribution in [-0.2, 0) is 17.8 Å². The molecular weight excluding hydrogens is 368 g/mol. The number of fused-ring (bicyclic) bond motifs is 1. The van der Waals surface area contributed by atoms with Gasteiger partial charge < -0.3 is 15.0 Å². The van der Waals surface area contributed by atoms with E-state index in [2.05, 4.69) is 44.0 Å². The van der Waals surface area contributed by atoms with Gasteiger partial charge in [0.2, 0.25) is 5.91 Å². The van der Waals surface area contributed by atoms with Crippen LogP contribution in [0.1, 0.15) is 12.0 Å². The fourth-order valence-electron chi connectivity index (χ4n) is 2.67. The minimum absolute atomic E-state index is 0.0469. The summed E-state index contributed by atoms with van der Waals surface area (Å²) in [4.78, 5) is 12.0. The van der Waals surface area contributed by atoms with Crippen molar-refractivity contribution in [1.29, 1.82) is 0 Å². The van der Waals surface area contributed by atoms with Crippen LogP contribution in [0.25, 0.3) is 10.9 Å². The van der Waals surface area contributed by atoms with Crippen LogP contribution in [0.2, 0.25) is 0 Å². The molecule has 2 aromatic carbocycles. The summed E-state index contributed by atoms with van der Waals surface area (Å²) in [6, 6.07) is 15.3. The summed E-state index contributed by atoms with van der Waals surface area (Å²) in [5.74, 6) is 0.305. The summed E-state index contributed by atoms with van der Waals surface area (Å²) in [5, 5.41) is 13.4. The van der Waals surface area contributed by atoms with Crippen LogP contribution in [0.5, 0.6) is 5.75 Å². The molecular formula is C19H19BrN2O2. The summed E-state index contributed by atoms with van der Waals surface area (Å²) in [6.45, 7) is 1.26. The Bertz CT molecular complexity index is 840. The average Bonchev–Trinajstić information content (AvgIpc) is 2.97. The molecule has 0 aliphatic heterocycles. The van der Waals surface area contributed by atoms with E-state index in [4.69, 9.17) is 0 Å². The second kappa shape index (κ2) is 7.53. The second-order valence-corrected chi connectivity index (χ2v) is 6.64. The van der Waals surface area contributed by atoms with Gasteiger partial charge in [-0.05, 0) is 47.7 Å². The number of benzene rings is 2. The van der Waals surface area contributed by atoms with Crippen molar-refractivity contribution in [2.75, 3.05) is 6.54 Å². The summed E-state index contributed by atoms with van der Waals surface area (Å²) in [5.41, 5.74) is 2.22. The predicted octanol–water partition coefficient (Wildman–Crippen LogP) is 3.86. The lowest BCUT2D eigenvalue weighted by atomic mass is 10.1. The number of rotatable bonds is 6. The van der Waals surface area contributed by atoms with Gasteiger partial charge in [0.15, 0.2) is 0 Å². The number of carbonyl (C=O) groups excluding carboxylic acids is 1. The van der Waals surface area contributed by atoms with Gasteiger partial charge in [-0.15, -0.1) is 0 Å². The van der Waals surface area contributed by atoms with E-state index >= 15 is 0 Å². The van der Waals surface area contributed by atoms with Crippen LogP contribution >= 0.6 is 15.9 Å². The van der Waals surface area contributed by atoms with E-state index in [1.54, 1.807) is 12.1 Å². The zero-order chi connectivity index (χ0) is 16.9. The highest BCUT2D eigenvalue weighted by Crippen LogP contribution is 2.21. The van der Waals surface area contributed by atoms with Crippen LogP contribution in [0.15, 0.2) is 59.2 Å². The van der Waals surface area contributed by atoms with Gasteiger partial charge in [0.25, 0.3) is 0 Å². The number of amides is 1. The minimum Gasteiger partial charge on any atom is -0.508 e. The number of nitrogens with one attached hydrogen (secondary N) is 1. The maximum Gasteiger partial charge on any atom is 0.221 e. The summed E-state index contributed by atoms with van der Waals surface area (Å²) in [6.07, 6.45) is 3.22. The van der Waals surface area contributed by atoms with Gasteiger partial charge >= 0.3 is 0 Å². The van der Waals surface area contributed by atoms with Crippen molar-refractivity contribution < 1.29 is 9.90 Å². The number of aryl methyl sites for hydroxylation is 1. The lowest BCUT2D eigenvalue weighted by Crippen LogP contribution is -2.26. The quantitative estimate of drug-likeness (QED) is 0.675. The molecule has 3 rings (SSSR count). The first-order valence-corrected chi connectivity index (χ1v) is 8.70. The molecule has 0 spiro atoms. The Labute approximate surface area is 149 Å². The van der Waals surface area contributed by atoms with Crippen molar-refractivity contribution >= 4 is 32.7 Å². The molecule has 0 saturated carbocycles. The maximum atomic E-state index is 12.0. The Morgan fingerprint density at radius 2 is 1.92 bits per heavy atom. The number of halogens is 1. The smallest absolute Gasteiger partial charge is 0.221 e. The normalized spacial score (nSPS) is 10.9. The number of nitrogens with zero attached hydrogens (tertiary/aromatic N) is 1. The first-order chi connectivity index (χ1) is 11.6. The van der Waals surface area contributed by atoms with Gasteiger partial charge in [0, 0.05) is 35.7 Å². The number of phenols is 1. The molecule has 124 valence electrons. The third-order valence-electron chi connectivity index (χ3n) is 3.99. The minimum atomic E-state index is 0.0469. The zero-order valence-electron chi connectivity index (χ0n) is 13.2. The van der Waals surface area contributed by atoms with E-state index in [1.165, 1.54) is 5.39 Å². The molecule has 0 bridgehead atoms. The van der Waals surface area contributed by atoms with E-state index in [0.29, 0.717) is 19.5 Å². The molecule has 0 radical (unpaired) electrons. The molecule has 24 heavy (non-hydrogen) atoms. The largest absolute Gasteiger partial charge is 0.508 e. The first-order valence-electron chi connectivity index (χ1n) is 7.91. The van der Waals surface area contributed by atoms with E-state index < -0.39 is 0 Å². The van der Waals surface area contributed by atoms with Crippen molar-refractivity contribution in [3.8, 4) is 5.75 Å². The van der Waals surface area contributed by atoms with Gasteiger partial charge in [0.1, 0.15) is 5.75 Å². The SMILES string of the molecule is O=C(CCn1ccc2ccc(Br)cc21)NCCc1ccc(O)cc1. The van der Waals surface area contributed by atoms with Crippen molar-refractivity contribution in [3.63, 3.8) is 0 Å². The Morgan fingerprint density at radius 1 is 1.12 bits per heavy atom. The molecule has 1 aromatic heterocycles.